The van der Waals surface area contributed by atoms with Gasteiger partial charge in [-0.2, -0.15) is 5.10 Å². The highest BCUT2D eigenvalue weighted by Crippen LogP contribution is 2.09. The molecule has 0 aliphatic carbocycles. The fourth-order valence-corrected chi connectivity index (χ4v) is 1.61. The summed E-state index contributed by atoms with van der Waals surface area (Å²) in [5.74, 6) is -1.24. The van der Waals surface area contributed by atoms with Crippen LogP contribution in [-0.4, -0.2) is 59.2 Å². The van der Waals surface area contributed by atoms with Gasteiger partial charge in [-0.25, -0.2) is 5.01 Å². The summed E-state index contributed by atoms with van der Waals surface area (Å²) in [6.45, 7) is 0.363. The molecule has 0 fully saturated rings. The molecule has 0 unspecified atom stereocenters. The first-order valence-electron chi connectivity index (χ1n) is 5.73. The van der Waals surface area contributed by atoms with Crippen LogP contribution in [0.15, 0.2) is 5.10 Å². The third-order valence-corrected chi connectivity index (χ3v) is 2.69. The number of nitrogens with zero attached hydrogens (tertiary/aromatic N) is 3. The Bertz CT molecular complexity index is 392. The van der Waals surface area contributed by atoms with Gasteiger partial charge in [-0.1, -0.05) is 0 Å². The predicted molar refractivity (Wildman–Crippen MR) is 63.9 cm³/mol. The molecule has 0 spiro atoms. The summed E-state index contributed by atoms with van der Waals surface area (Å²) in [4.78, 5) is 34.9. The van der Waals surface area contributed by atoms with E-state index in [1.807, 2.05) is 0 Å². The minimum Gasteiger partial charge on any atom is -0.481 e. The van der Waals surface area contributed by atoms with Crippen molar-refractivity contribution >= 4 is 23.5 Å². The summed E-state index contributed by atoms with van der Waals surface area (Å²) < 4.78 is 0. The molecule has 7 nitrogen and oxygen atoms in total. The molecule has 2 amide bonds. The second-order valence-electron chi connectivity index (χ2n) is 4.19. The first kappa shape index (κ1) is 14.1. The highest BCUT2D eigenvalue weighted by Gasteiger charge is 2.24. The largest absolute Gasteiger partial charge is 0.481 e. The number of amides is 2. The maximum Gasteiger partial charge on any atom is 0.303 e. The molecule has 0 aromatic carbocycles. The van der Waals surface area contributed by atoms with E-state index in [-0.39, 0.29) is 24.7 Å². The Labute approximate surface area is 105 Å². The van der Waals surface area contributed by atoms with Gasteiger partial charge in [0.05, 0.1) is 0 Å². The zero-order valence-electron chi connectivity index (χ0n) is 10.5. The summed E-state index contributed by atoms with van der Waals surface area (Å²) in [6, 6.07) is 0. The fraction of sp³-hybridized carbons (Fsp3) is 0.636. The average molecular weight is 255 g/mol. The Morgan fingerprint density at radius 1 is 1.44 bits per heavy atom. The van der Waals surface area contributed by atoms with Crippen LogP contribution in [0.4, 0.5) is 0 Å². The maximum atomic E-state index is 11.9. The Morgan fingerprint density at radius 3 is 2.67 bits per heavy atom. The Morgan fingerprint density at radius 2 is 2.11 bits per heavy atom. The second-order valence-corrected chi connectivity index (χ2v) is 4.19. The summed E-state index contributed by atoms with van der Waals surface area (Å²) in [6.07, 6.45) is 1.05. The molecule has 1 aliphatic heterocycles. The lowest BCUT2D eigenvalue weighted by Crippen LogP contribution is -2.39. The minimum absolute atomic E-state index is 0.0302. The number of hydrazone groups is 1. The van der Waals surface area contributed by atoms with Crippen LogP contribution in [0.2, 0.25) is 0 Å². The molecular weight excluding hydrogens is 238 g/mol. The van der Waals surface area contributed by atoms with Gasteiger partial charge in [0.25, 0.3) is 5.91 Å². The van der Waals surface area contributed by atoms with Gasteiger partial charge in [-0.05, 0) is 6.42 Å². The van der Waals surface area contributed by atoms with Crippen molar-refractivity contribution in [3.63, 3.8) is 0 Å². The molecule has 1 aliphatic rings. The molecule has 0 saturated carbocycles. The summed E-state index contributed by atoms with van der Waals surface area (Å²) >= 11 is 0. The summed E-state index contributed by atoms with van der Waals surface area (Å²) in [7, 11) is 3.11. The Balaban J connectivity index is 2.51. The number of carbonyl (C=O) groups is 3. The number of aliphatic carboxylic acids is 1. The molecule has 0 bridgehead atoms. The van der Waals surface area contributed by atoms with Crippen molar-refractivity contribution in [3.8, 4) is 0 Å². The highest BCUT2D eigenvalue weighted by molar-refractivity contribution is 6.39. The quantitative estimate of drug-likeness (QED) is 0.743. The predicted octanol–water partition coefficient (Wildman–Crippen LogP) is -0.0822. The van der Waals surface area contributed by atoms with Gasteiger partial charge >= 0.3 is 5.97 Å². The van der Waals surface area contributed by atoms with Gasteiger partial charge in [-0.15, -0.1) is 0 Å². The number of rotatable bonds is 5. The first-order valence-corrected chi connectivity index (χ1v) is 5.73. The van der Waals surface area contributed by atoms with E-state index in [4.69, 9.17) is 5.11 Å². The van der Waals surface area contributed by atoms with Crippen LogP contribution in [0.1, 0.15) is 25.7 Å². The van der Waals surface area contributed by atoms with E-state index >= 15 is 0 Å². The van der Waals surface area contributed by atoms with Crippen molar-refractivity contribution < 1.29 is 19.5 Å². The molecule has 1 N–H and O–H groups in total. The standard InChI is InChI=1S/C11H17N3O4/c1-13(7-3-4-10(16)17)11(18)8-5-6-9(15)14(2)12-8/h3-7H2,1-2H3,(H,16,17). The van der Waals surface area contributed by atoms with Crippen LogP contribution in [-0.2, 0) is 14.4 Å². The third kappa shape index (κ3) is 3.83. The Hall–Kier alpha value is -1.92. The van der Waals surface area contributed by atoms with Gasteiger partial charge in [0.1, 0.15) is 5.71 Å². The van der Waals surface area contributed by atoms with Crippen molar-refractivity contribution in [2.45, 2.75) is 25.7 Å². The topological polar surface area (TPSA) is 90.3 Å². The summed E-state index contributed by atoms with van der Waals surface area (Å²) in [5, 5.41) is 13.6. The molecular formula is C11H17N3O4. The zero-order valence-corrected chi connectivity index (χ0v) is 10.5. The second kappa shape index (κ2) is 6.13. The molecule has 0 aromatic heterocycles. The monoisotopic (exact) mass is 255 g/mol. The third-order valence-electron chi connectivity index (χ3n) is 2.69. The Kier molecular flexibility index (Phi) is 4.82. The minimum atomic E-state index is -0.879. The van der Waals surface area contributed by atoms with Crippen molar-refractivity contribution in [2.24, 2.45) is 5.10 Å². The number of carboxylic acids is 1. The molecule has 18 heavy (non-hydrogen) atoms. The lowest BCUT2D eigenvalue weighted by atomic mass is 10.1. The van der Waals surface area contributed by atoms with Gasteiger partial charge in [0.15, 0.2) is 0 Å². The average Bonchev–Trinajstić information content (AvgIpc) is 2.31. The molecule has 0 atom stereocenters. The van der Waals surface area contributed by atoms with Crippen molar-refractivity contribution in [3.05, 3.63) is 0 Å². The number of hydrogen-bond acceptors (Lipinski definition) is 4. The van der Waals surface area contributed by atoms with Crippen molar-refractivity contribution in [2.75, 3.05) is 20.6 Å². The molecule has 1 rings (SSSR count). The lowest BCUT2D eigenvalue weighted by Gasteiger charge is -2.22. The SMILES string of the molecule is CN(CCCC(=O)O)C(=O)C1=NN(C)C(=O)CC1. The smallest absolute Gasteiger partial charge is 0.303 e. The van der Waals surface area contributed by atoms with Crippen LogP contribution in [0.3, 0.4) is 0 Å². The first-order chi connectivity index (χ1) is 8.41. The molecule has 7 heteroatoms. The van der Waals surface area contributed by atoms with E-state index in [0.717, 1.165) is 0 Å². The number of hydrogen-bond donors (Lipinski definition) is 1. The van der Waals surface area contributed by atoms with Crippen molar-refractivity contribution in [1.82, 2.24) is 9.91 Å². The van der Waals surface area contributed by atoms with E-state index < -0.39 is 5.97 Å². The normalized spacial score (nSPS) is 15.3. The van der Waals surface area contributed by atoms with Crippen molar-refractivity contribution in [1.29, 1.82) is 0 Å². The molecule has 1 heterocycles. The molecule has 0 aromatic rings. The van der Waals surface area contributed by atoms with Gasteiger partial charge < -0.3 is 10.0 Å². The van der Waals surface area contributed by atoms with E-state index in [0.29, 0.717) is 25.1 Å². The van der Waals surface area contributed by atoms with Crippen LogP contribution in [0.5, 0.6) is 0 Å². The van der Waals surface area contributed by atoms with Crippen LogP contribution < -0.4 is 0 Å². The fourth-order valence-electron chi connectivity index (χ4n) is 1.61. The zero-order chi connectivity index (χ0) is 13.7. The van der Waals surface area contributed by atoms with Gasteiger partial charge in [0, 0.05) is 39.9 Å². The van der Waals surface area contributed by atoms with E-state index in [9.17, 15) is 14.4 Å². The lowest BCUT2D eigenvalue weighted by molar-refractivity contribution is -0.137. The van der Waals surface area contributed by atoms with Crippen LogP contribution in [0, 0.1) is 0 Å². The van der Waals surface area contributed by atoms with E-state index in [1.54, 1.807) is 7.05 Å². The summed E-state index contributed by atoms with van der Waals surface area (Å²) in [5.41, 5.74) is 0.343. The van der Waals surface area contributed by atoms with Crippen LogP contribution >= 0.6 is 0 Å². The molecule has 0 saturated heterocycles. The molecule has 100 valence electrons. The highest BCUT2D eigenvalue weighted by atomic mass is 16.4. The van der Waals surface area contributed by atoms with Gasteiger partial charge in [-0.3, -0.25) is 14.4 Å². The number of carbonyl (C=O) groups excluding carboxylic acids is 2. The van der Waals surface area contributed by atoms with E-state index in [1.165, 1.54) is 17.0 Å². The maximum absolute atomic E-state index is 11.9. The number of carboxylic acid groups (broad SMARTS) is 1. The van der Waals surface area contributed by atoms with Gasteiger partial charge in [0.2, 0.25) is 5.91 Å². The molecule has 0 radical (unpaired) electrons. The van der Waals surface area contributed by atoms with Crippen LogP contribution in [0.25, 0.3) is 0 Å². The van der Waals surface area contributed by atoms with E-state index in [2.05, 4.69) is 5.10 Å².